The first-order chi connectivity index (χ1) is 13.6. The van der Waals surface area contributed by atoms with Crippen molar-refractivity contribution in [1.29, 1.82) is 0 Å². The molecule has 3 N–H and O–H groups in total. The van der Waals surface area contributed by atoms with E-state index < -0.39 is 10.0 Å². The van der Waals surface area contributed by atoms with Crippen molar-refractivity contribution in [3.05, 3.63) is 82.7 Å². The lowest BCUT2D eigenvalue weighted by Gasteiger charge is -2.19. The van der Waals surface area contributed by atoms with Gasteiger partial charge in [0.05, 0.1) is 16.5 Å². The SMILES string of the molecule is Cc1ccc(NC(=O)c2cc(C)n(C(C)c3ccccc3)c2C)cc1S(N)(=O)=O. The Morgan fingerprint density at radius 1 is 1.03 bits per heavy atom. The van der Waals surface area contributed by atoms with Crippen molar-refractivity contribution >= 4 is 21.6 Å². The summed E-state index contributed by atoms with van der Waals surface area (Å²) >= 11 is 0. The number of primary sulfonamides is 1. The molecule has 3 aromatic rings. The molecule has 0 saturated carbocycles. The molecule has 1 atom stereocenters. The Kier molecular flexibility index (Phi) is 5.64. The van der Waals surface area contributed by atoms with Gasteiger partial charge in [-0.2, -0.15) is 0 Å². The Hall–Kier alpha value is -2.90. The number of sulfonamides is 1. The molecule has 0 radical (unpaired) electrons. The lowest BCUT2D eigenvalue weighted by Crippen LogP contribution is -2.17. The van der Waals surface area contributed by atoms with Crippen LogP contribution >= 0.6 is 0 Å². The fraction of sp³-hybridized carbons (Fsp3) is 0.227. The van der Waals surface area contributed by atoms with Gasteiger partial charge in [0.15, 0.2) is 0 Å². The second-order valence-electron chi connectivity index (χ2n) is 7.22. The molecule has 0 bridgehead atoms. The van der Waals surface area contributed by atoms with E-state index in [0.29, 0.717) is 16.8 Å². The average Bonchev–Trinajstić information content (AvgIpc) is 2.97. The average molecular weight is 412 g/mol. The number of amides is 1. The molecule has 0 fully saturated rings. The van der Waals surface area contributed by atoms with E-state index in [0.717, 1.165) is 17.0 Å². The summed E-state index contributed by atoms with van der Waals surface area (Å²) in [4.78, 5) is 12.9. The molecule has 1 aromatic heterocycles. The van der Waals surface area contributed by atoms with Crippen molar-refractivity contribution in [2.45, 2.75) is 38.6 Å². The molecular weight excluding hydrogens is 386 g/mol. The third kappa shape index (κ3) is 4.26. The van der Waals surface area contributed by atoms with Gasteiger partial charge >= 0.3 is 0 Å². The van der Waals surface area contributed by atoms with E-state index in [1.807, 2.05) is 38.1 Å². The summed E-state index contributed by atoms with van der Waals surface area (Å²) in [6.45, 7) is 7.62. The zero-order valence-electron chi connectivity index (χ0n) is 16.9. The van der Waals surface area contributed by atoms with Crippen LogP contribution in [0.5, 0.6) is 0 Å². The van der Waals surface area contributed by atoms with Crippen molar-refractivity contribution in [3.8, 4) is 0 Å². The third-order valence-electron chi connectivity index (χ3n) is 5.15. The van der Waals surface area contributed by atoms with Crippen molar-refractivity contribution in [3.63, 3.8) is 0 Å². The Morgan fingerprint density at radius 3 is 2.31 bits per heavy atom. The summed E-state index contributed by atoms with van der Waals surface area (Å²) in [5.74, 6) is -0.297. The molecule has 0 aliphatic heterocycles. The molecule has 0 aliphatic carbocycles. The van der Waals surface area contributed by atoms with Crippen LogP contribution < -0.4 is 10.5 Å². The van der Waals surface area contributed by atoms with Crippen LogP contribution in [0.3, 0.4) is 0 Å². The minimum Gasteiger partial charge on any atom is -0.341 e. The largest absolute Gasteiger partial charge is 0.341 e. The summed E-state index contributed by atoms with van der Waals surface area (Å²) < 4.78 is 25.6. The van der Waals surface area contributed by atoms with E-state index in [9.17, 15) is 13.2 Å². The number of hydrogen-bond acceptors (Lipinski definition) is 3. The molecule has 3 rings (SSSR count). The number of nitrogens with one attached hydrogen (secondary N) is 1. The predicted molar refractivity (Wildman–Crippen MR) is 115 cm³/mol. The fourth-order valence-electron chi connectivity index (χ4n) is 3.67. The van der Waals surface area contributed by atoms with Crippen molar-refractivity contribution in [2.24, 2.45) is 5.14 Å². The van der Waals surface area contributed by atoms with Crippen molar-refractivity contribution in [2.75, 3.05) is 5.32 Å². The number of aryl methyl sites for hydroxylation is 2. The number of carbonyl (C=O) groups excluding carboxylic acids is 1. The van der Waals surface area contributed by atoms with Gasteiger partial charge in [0.25, 0.3) is 5.91 Å². The first-order valence-corrected chi connectivity index (χ1v) is 10.8. The number of carbonyl (C=O) groups is 1. The molecule has 1 unspecified atom stereocenters. The first kappa shape index (κ1) is 20.8. The molecule has 0 aliphatic rings. The van der Waals surface area contributed by atoms with E-state index in [1.54, 1.807) is 19.1 Å². The Labute approximate surface area is 171 Å². The number of nitrogens with two attached hydrogens (primary N) is 1. The summed E-state index contributed by atoms with van der Waals surface area (Å²) in [6, 6.07) is 16.7. The number of anilines is 1. The zero-order chi connectivity index (χ0) is 21.3. The van der Waals surface area contributed by atoms with Crippen LogP contribution in [-0.2, 0) is 10.0 Å². The minimum atomic E-state index is -3.86. The topological polar surface area (TPSA) is 94.2 Å². The summed E-state index contributed by atoms with van der Waals surface area (Å²) in [7, 11) is -3.86. The Bertz CT molecular complexity index is 1170. The van der Waals surface area contributed by atoms with Crippen LogP contribution in [0.15, 0.2) is 59.5 Å². The fourth-order valence-corrected chi connectivity index (χ4v) is 4.47. The van der Waals surface area contributed by atoms with E-state index in [-0.39, 0.29) is 16.8 Å². The predicted octanol–water partition coefficient (Wildman–Crippen LogP) is 3.92. The second kappa shape index (κ2) is 7.85. The van der Waals surface area contributed by atoms with Gasteiger partial charge in [0, 0.05) is 17.1 Å². The summed E-state index contributed by atoms with van der Waals surface area (Å²) in [6.07, 6.45) is 0. The number of aromatic nitrogens is 1. The number of nitrogens with zero attached hydrogens (tertiary/aromatic N) is 1. The van der Waals surface area contributed by atoms with Gasteiger partial charge in [-0.1, -0.05) is 36.4 Å². The highest BCUT2D eigenvalue weighted by Crippen LogP contribution is 2.26. The molecule has 2 aromatic carbocycles. The lowest BCUT2D eigenvalue weighted by atomic mass is 10.1. The molecule has 152 valence electrons. The maximum absolute atomic E-state index is 12.9. The van der Waals surface area contributed by atoms with Gasteiger partial charge in [0.2, 0.25) is 10.0 Å². The van der Waals surface area contributed by atoms with E-state index in [1.165, 1.54) is 6.07 Å². The third-order valence-corrected chi connectivity index (χ3v) is 6.20. The van der Waals surface area contributed by atoms with Crippen LogP contribution in [0.1, 0.15) is 45.8 Å². The maximum Gasteiger partial charge on any atom is 0.257 e. The number of hydrogen-bond donors (Lipinski definition) is 2. The smallest absolute Gasteiger partial charge is 0.257 e. The van der Waals surface area contributed by atoms with Crippen LogP contribution in [-0.4, -0.2) is 18.9 Å². The van der Waals surface area contributed by atoms with Crippen LogP contribution in [0.2, 0.25) is 0 Å². The standard InChI is InChI=1S/C22H25N3O3S/c1-14-10-11-19(13-21(14)29(23,27)28)24-22(26)20-12-15(2)25(17(20)4)16(3)18-8-6-5-7-9-18/h5-13,16H,1-4H3,(H,24,26)(H2,23,27,28). The van der Waals surface area contributed by atoms with Gasteiger partial charge in [-0.3, -0.25) is 4.79 Å². The van der Waals surface area contributed by atoms with Crippen LogP contribution in [0, 0.1) is 20.8 Å². The minimum absolute atomic E-state index is 0.00141. The molecular formula is C22H25N3O3S. The van der Waals surface area contributed by atoms with Crippen LogP contribution in [0.4, 0.5) is 5.69 Å². The molecule has 7 heteroatoms. The van der Waals surface area contributed by atoms with Gasteiger partial charge in [-0.25, -0.2) is 13.6 Å². The van der Waals surface area contributed by atoms with E-state index in [4.69, 9.17) is 5.14 Å². The molecule has 0 spiro atoms. The van der Waals surface area contributed by atoms with Crippen molar-refractivity contribution < 1.29 is 13.2 Å². The highest BCUT2D eigenvalue weighted by atomic mass is 32.2. The first-order valence-electron chi connectivity index (χ1n) is 9.27. The quantitative estimate of drug-likeness (QED) is 0.666. The maximum atomic E-state index is 12.9. The number of benzene rings is 2. The Balaban J connectivity index is 1.92. The molecule has 1 amide bonds. The summed E-state index contributed by atoms with van der Waals surface area (Å²) in [5.41, 5.74) is 4.42. The molecule has 1 heterocycles. The lowest BCUT2D eigenvalue weighted by molar-refractivity contribution is 0.102. The normalized spacial score (nSPS) is 12.6. The van der Waals surface area contributed by atoms with Gasteiger partial charge in [0.1, 0.15) is 0 Å². The van der Waals surface area contributed by atoms with Gasteiger partial charge in [-0.15, -0.1) is 0 Å². The zero-order valence-corrected chi connectivity index (χ0v) is 17.7. The monoisotopic (exact) mass is 411 g/mol. The van der Waals surface area contributed by atoms with Crippen molar-refractivity contribution in [1.82, 2.24) is 4.57 Å². The highest BCUT2D eigenvalue weighted by molar-refractivity contribution is 7.89. The Morgan fingerprint density at radius 2 is 1.69 bits per heavy atom. The highest BCUT2D eigenvalue weighted by Gasteiger charge is 2.20. The molecule has 29 heavy (non-hydrogen) atoms. The summed E-state index contributed by atoms with van der Waals surface area (Å²) in [5, 5.41) is 8.05. The molecule has 6 nitrogen and oxygen atoms in total. The van der Waals surface area contributed by atoms with E-state index >= 15 is 0 Å². The second-order valence-corrected chi connectivity index (χ2v) is 8.75. The molecule has 0 saturated heterocycles. The number of rotatable bonds is 5. The van der Waals surface area contributed by atoms with Gasteiger partial charge < -0.3 is 9.88 Å². The van der Waals surface area contributed by atoms with E-state index in [2.05, 4.69) is 28.9 Å². The van der Waals surface area contributed by atoms with Gasteiger partial charge in [-0.05, 0) is 57.0 Å². The van der Waals surface area contributed by atoms with Crippen LogP contribution in [0.25, 0.3) is 0 Å².